The van der Waals surface area contributed by atoms with Crippen LogP contribution in [-0.4, -0.2) is 63.4 Å². The lowest BCUT2D eigenvalue weighted by Crippen LogP contribution is -2.32. The molecule has 1 unspecified atom stereocenters. The molecular weight excluding hydrogens is 388 g/mol. The Bertz CT molecular complexity index is 1010. The summed E-state index contributed by atoms with van der Waals surface area (Å²) in [4.78, 5) is 7.01. The van der Waals surface area contributed by atoms with Crippen LogP contribution in [0, 0.1) is 17.8 Å². The molecule has 3 fully saturated rings. The molecule has 1 aliphatic carbocycles. The second-order valence-electron chi connectivity index (χ2n) is 9.52. The summed E-state index contributed by atoms with van der Waals surface area (Å²) in [6, 6.07) is 8.68. The van der Waals surface area contributed by atoms with Crippen molar-refractivity contribution in [2.75, 3.05) is 38.2 Å². The van der Waals surface area contributed by atoms with Crippen molar-refractivity contribution in [3.8, 4) is 11.3 Å². The van der Waals surface area contributed by atoms with Crippen LogP contribution in [0.3, 0.4) is 0 Å². The minimum atomic E-state index is 0.516. The van der Waals surface area contributed by atoms with Gasteiger partial charge in [0.15, 0.2) is 0 Å². The maximum atomic E-state index is 5.51. The van der Waals surface area contributed by atoms with Crippen LogP contribution in [0.5, 0.6) is 0 Å². The van der Waals surface area contributed by atoms with E-state index in [1.54, 1.807) is 6.20 Å². The van der Waals surface area contributed by atoms with Crippen LogP contribution in [0.2, 0.25) is 0 Å². The van der Waals surface area contributed by atoms with E-state index in [2.05, 4.69) is 37.5 Å². The lowest BCUT2D eigenvalue weighted by atomic mass is 10.00. The van der Waals surface area contributed by atoms with Crippen molar-refractivity contribution in [3.63, 3.8) is 0 Å². The molecule has 2 saturated heterocycles. The van der Waals surface area contributed by atoms with Crippen molar-refractivity contribution >= 4 is 11.5 Å². The van der Waals surface area contributed by atoms with Gasteiger partial charge in [-0.1, -0.05) is 0 Å². The summed E-state index contributed by atoms with van der Waals surface area (Å²) in [5.74, 6) is 3.37. The summed E-state index contributed by atoms with van der Waals surface area (Å²) in [6.07, 6.45) is 10.8. The third-order valence-corrected chi connectivity index (χ3v) is 7.38. The third-order valence-electron chi connectivity index (χ3n) is 7.38. The Hall–Kier alpha value is -2.51. The number of aromatic nitrogens is 4. The number of hydrogen-bond acceptors (Lipinski definition) is 6. The second kappa shape index (κ2) is 8.20. The molecule has 0 bridgehead atoms. The predicted octanol–water partition coefficient (Wildman–Crippen LogP) is 3.34. The van der Waals surface area contributed by atoms with Gasteiger partial charge in [0.05, 0.1) is 5.69 Å². The first-order valence-corrected chi connectivity index (χ1v) is 11.6. The van der Waals surface area contributed by atoms with E-state index in [-0.39, 0.29) is 0 Å². The maximum Gasteiger partial charge on any atom is 0.148 e. The minimum Gasteiger partial charge on any atom is -0.381 e. The van der Waals surface area contributed by atoms with Crippen LogP contribution in [-0.2, 0) is 4.74 Å². The number of fused-ring (bicyclic) bond motifs is 2. The number of nitrogens with one attached hydrogen (secondary N) is 1. The summed E-state index contributed by atoms with van der Waals surface area (Å²) in [7, 11) is 0. The molecule has 0 amide bonds. The van der Waals surface area contributed by atoms with Gasteiger partial charge in [-0.15, -0.1) is 10.2 Å². The van der Waals surface area contributed by atoms with Gasteiger partial charge in [0.1, 0.15) is 11.5 Å². The minimum absolute atomic E-state index is 0.516. The largest absolute Gasteiger partial charge is 0.381 e. The zero-order valence-electron chi connectivity index (χ0n) is 17.9. The zero-order chi connectivity index (χ0) is 20.6. The highest BCUT2D eigenvalue weighted by Crippen LogP contribution is 2.39. The van der Waals surface area contributed by atoms with Gasteiger partial charge >= 0.3 is 0 Å². The van der Waals surface area contributed by atoms with Crippen molar-refractivity contribution in [1.29, 1.82) is 0 Å². The molecule has 0 aromatic carbocycles. The van der Waals surface area contributed by atoms with Crippen molar-refractivity contribution in [2.24, 2.45) is 17.8 Å². The Balaban J connectivity index is 1.03. The van der Waals surface area contributed by atoms with Crippen LogP contribution < -0.4 is 5.32 Å². The molecule has 2 aliphatic heterocycles. The van der Waals surface area contributed by atoms with E-state index in [0.29, 0.717) is 6.04 Å². The molecule has 1 saturated carbocycles. The predicted molar refractivity (Wildman–Crippen MR) is 120 cm³/mol. The monoisotopic (exact) mass is 418 g/mol. The Morgan fingerprint density at radius 2 is 1.84 bits per heavy atom. The number of likely N-dealkylation sites (tertiary alicyclic amines) is 1. The molecule has 0 radical (unpaired) electrons. The van der Waals surface area contributed by atoms with Crippen molar-refractivity contribution < 1.29 is 4.74 Å². The van der Waals surface area contributed by atoms with Gasteiger partial charge in [-0.25, -0.2) is 4.98 Å². The molecular formula is C24H30N6O. The Kier molecular flexibility index (Phi) is 5.08. The number of nitrogens with zero attached hydrogens (tertiary/aromatic N) is 5. The SMILES string of the molecule is c1cn2cc(-c3ccc(NC4C[C@@H]5CN(CC6CCOCC6)C[C@@H]5C4)nn3)ccc2n1. The number of anilines is 1. The quantitative estimate of drug-likeness (QED) is 0.686. The summed E-state index contributed by atoms with van der Waals surface area (Å²) >= 11 is 0. The summed E-state index contributed by atoms with van der Waals surface area (Å²) in [5.41, 5.74) is 2.87. The lowest BCUT2D eigenvalue weighted by Gasteiger charge is -2.27. The van der Waals surface area contributed by atoms with Gasteiger partial charge < -0.3 is 19.4 Å². The van der Waals surface area contributed by atoms with Crippen LogP contribution in [0.1, 0.15) is 25.7 Å². The number of ether oxygens (including phenoxy) is 1. The molecule has 3 atom stereocenters. The third kappa shape index (κ3) is 4.04. The summed E-state index contributed by atoms with van der Waals surface area (Å²) < 4.78 is 7.52. The van der Waals surface area contributed by atoms with Crippen LogP contribution >= 0.6 is 0 Å². The molecule has 162 valence electrons. The Labute approximate surface area is 182 Å². The van der Waals surface area contributed by atoms with Gasteiger partial charge in [0.2, 0.25) is 0 Å². The highest BCUT2D eigenvalue weighted by molar-refractivity contribution is 5.61. The van der Waals surface area contributed by atoms with E-state index in [1.165, 1.54) is 45.3 Å². The van der Waals surface area contributed by atoms with E-state index >= 15 is 0 Å². The van der Waals surface area contributed by atoms with Crippen molar-refractivity contribution in [2.45, 2.75) is 31.7 Å². The van der Waals surface area contributed by atoms with Gasteiger partial charge in [-0.2, -0.15) is 0 Å². The van der Waals surface area contributed by atoms with Gasteiger partial charge in [0, 0.05) is 63.0 Å². The van der Waals surface area contributed by atoms with Crippen molar-refractivity contribution in [3.05, 3.63) is 42.9 Å². The van der Waals surface area contributed by atoms with Crippen LogP contribution in [0.15, 0.2) is 42.9 Å². The number of hydrogen-bond donors (Lipinski definition) is 1. The molecule has 7 heteroatoms. The second-order valence-corrected chi connectivity index (χ2v) is 9.52. The number of rotatable bonds is 5. The van der Waals surface area contributed by atoms with E-state index in [9.17, 15) is 0 Å². The van der Waals surface area contributed by atoms with Crippen LogP contribution in [0.25, 0.3) is 16.9 Å². The van der Waals surface area contributed by atoms with E-state index in [4.69, 9.17) is 4.74 Å². The molecule has 5 heterocycles. The first kappa shape index (κ1) is 19.2. The lowest BCUT2D eigenvalue weighted by molar-refractivity contribution is 0.0545. The Morgan fingerprint density at radius 3 is 2.61 bits per heavy atom. The van der Waals surface area contributed by atoms with E-state index in [1.807, 2.05) is 28.9 Å². The number of pyridine rings is 1. The smallest absolute Gasteiger partial charge is 0.148 e. The maximum absolute atomic E-state index is 5.51. The fourth-order valence-corrected chi connectivity index (χ4v) is 5.80. The number of imidazole rings is 1. The average Bonchev–Trinajstić information content (AvgIpc) is 3.49. The van der Waals surface area contributed by atoms with Crippen LogP contribution in [0.4, 0.5) is 5.82 Å². The average molecular weight is 419 g/mol. The standard InChI is InChI=1S/C24H30N6O/c1-4-24-25-7-8-30(24)16-18(1)22-2-3-23(28-27-22)26-21-11-19-14-29(15-20(19)12-21)13-17-5-9-31-10-6-17/h1-4,7-8,16-17,19-21H,5-6,9-15H2,(H,26,28)/t19-,20+,21?. The van der Waals surface area contributed by atoms with Gasteiger partial charge in [-0.3, -0.25) is 0 Å². The first-order chi connectivity index (χ1) is 15.3. The molecule has 3 aromatic heterocycles. The summed E-state index contributed by atoms with van der Waals surface area (Å²) in [5, 5.41) is 12.6. The Morgan fingerprint density at radius 1 is 1.00 bits per heavy atom. The molecule has 0 spiro atoms. The summed E-state index contributed by atoms with van der Waals surface area (Å²) in [6.45, 7) is 5.71. The highest BCUT2D eigenvalue weighted by Gasteiger charge is 2.41. The molecule has 7 nitrogen and oxygen atoms in total. The highest BCUT2D eigenvalue weighted by atomic mass is 16.5. The van der Waals surface area contributed by atoms with Gasteiger partial charge in [0.25, 0.3) is 0 Å². The topological polar surface area (TPSA) is 67.6 Å². The zero-order valence-corrected chi connectivity index (χ0v) is 17.9. The van der Waals surface area contributed by atoms with E-state index in [0.717, 1.165) is 53.7 Å². The fourth-order valence-electron chi connectivity index (χ4n) is 5.80. The molecule has 3 aliphatic rings. The molecule has 3 aromatic rings. The molecule has 6 rings (SSSR count). The molecule has 31 heavy (non-hydrogen) atoms. The normalized spacial score (nSPS) is 27.0. The fraction of sp³-hybridized carbons (Fsp3) is 0.542. The van der Waals surface area contributed by atoms with Gasteiger partial charge in [-0.05, 0) is 67.7 Å². The van der Waals surface area contributed by atoms with Crippen molar-refractivity contribution in [1.82, 2.24) is 24.5 Å². The molecule has 1 N–H and O–H groups in total. The first-order valence-electron chi connectivity index (χ1n) is 11.6. The van der Waals surface area contributed by atoms with E-state index < -0.39 is 0 Å².